The van der Waals surface area contributed by atoms with Crippen molar-refractivity contribution in [2.75, 3.05) is 11.9 Å². The fraction of sp³-hybridized carbons (Fsp3) is 0.417. The summed E-state index contributed by atoms with van der Waals surface area (Å²) in [5.41, 5.74) is 0.927. The first-order valence-electron chi connectivity index (χ1n) is 5.66. The number of anilines is 1. The molecule has 0 aromatic carbocycles. The maximum atomic E-state index is 5.20. The average Bonchev–Trinajstić information content (AvgIpc) is 2.76. The maximum absolute atomic E-state index is 5.20. The molecule has 0 radical (unpaired) electrons. The van der Waals surface area contributed by atoms with Gasteiger partial charge < -0.3 is 5.32 Å². The van der Waals surface area contributed by atoms with Gasteiger partial charge in [-0.1, -0.05) is 0 Å². The predicted octanol–water partition coefficient (Wildman–Crippen LogP) is 1.65. The highest BCUT2D eigenvalue weighted by molar-refractivity contribution is 5.44. The van der Waals surface area contributed by atoms with E-state index in [0.717, 1.165) is 37.3 Å². The molecule has 2 aromatic heterocycles. The smallest absolute Gasteiger partial charge is 0.254 e. The van der Waals surface area contributed by atoms with E-state index in [-0.39, 0.29) is 0 Å². The summed E-state index contributed by atoms with van der Waals surface area (Å²) in [6.07, 6.45) is 9.61. The molecule has 1 N–H and O–H groups in total. The van der Waals surface area contributed by atoms with Crippen LogP contribution in [0.5, 0.6) is 0 Å². The van der Waals surface area contributed by atoms with Crippen LogP contribution >= 0.6 is 0 Å². The topological polar surface area (TPSA) is 55.1 Å². The van der Waals surface area contributed by atoms with Crippen LogP contribution in [0.2, 0.25) is 0 Å². The standard InChI is InChI=1S/C12H15N5/c1-3-4-5-6-7-13-11-8-10(2)16-12-14-9-15-17(11)12/h1,8-9,13H,4-7H2,2H3. The fourth-order valence-electron chi connectivity index (χ4n) is 1.63. The van der Waals surface area contributed by atoms with Crippen molar-refractivity contribution < 1.29 is 0 Å². The van der Waals surface area contributed by atoms with E-state index in [2.05, 4.69) is 26.3 Å². The van der Waals surface area contributed by atoms with Crippen molar-refractivity contribution in [2.45, 2.75) is 26.2 Å². The minimum absolute atomic E-state index is 0.621. The molecule has 0 atom stereocenters. The number of aryl methyl sites for hydroxylation is 1. The van der Waals surface area contributed by atoms with E-state index in [0.29, 0.717) is 5.78 Å². The van der Waals surface area contributed by atoms with Crippen molar-refractivity contribution in [3.05, 3.63) is 18.1 Å². The molecule has 5 heteroatoms. The minimum atomic E-state index is 0.621. The van der Waals surface area contributed by atoms with Crippen molar-refractivity contribution in [1.82, 2.24) is 19.6 Å². The summed E-state index contributed by atoms with van der Waals surface area (Å²) in [6, 6.07) is 1.96. The van der Waals surface area contributed by atoms with Gasteiger partial charge in [-0.3, -0.25) is 0 Å². The van der Waals surface area contributed by atoms with Gasteiger partial charge >= 0.3 is 0 Å². The van der Waals surface area contributed by atoms with E-state index in [1.807, 2.05) is 13.0 Å². The summed E-state index contributed by atoms with van der Waals surface area (Å²) >= 11 is 0. The Morgan fingerprint density at radius 2 is 2.35 bits per heavy atom. The Balaban J connectivity index is 2.03. The zero-order chi connectivity index (χ0) is 12.1. The summed E-state index contributed by atoms with van der Waals surface area (Å²) in [4.78, 5) is 8.35. The summed E-state index contributed by atoms with van der Waals surface area (Å²) in [6.45, 7) is 2.82. The molecule has 2 rings (SSSR count). The molecule has 0 saturated carbocycles. The lowest BCUT2D eigenvalue weighted by Gasteiger charge is -2.07. The van der Waals surface area contributed by atoms with Crippen LogP contribution in [0.25, 0.3) is 5.78 Å². The Hall–Kier alpha value is -2.09. The van der Waals surface area contributed by atoms with E-state index in [1.165, 1.54) is 6.33 Å². The van der Waals surface area contributed by atoms with E-state index in [1.54, 1.807) is 4.52 Å². The first-order valence-corrected chi connectivity index (χ1v) is 5.66. The van der Waals surface area contributed by atoms with Gasteiger partial charge in [0.05, 0.1) is 0 Å². The number of terminal acetylenes is 1. The number of rotatable bonds is 5. The molecule has 0 fully saturated rings. The van der Waals surface area contributed by atoms with Gasteiger partial charge in [-0.2, -0.15) is 14.6 Å². The van der Waals surface area contributed by atoms with Crippen molar-refractivity contribution in [1.29, 1.82) is 0 Å². The lowest BCUT2D eigenvalue weighted by Crippen LogP contribution is -2.08. The first-order chi connectivity index (χ1) is 8.31. The average molecular weight is 229 g/mol. The third kappa shape index (κ3) is 2.72. The van der Waals surface area contributed by atoms with Crippen molar-refractivity contribution >= 4 is 11.6 Å². The molecule has 0 spiro atoms. The minimum Gasteiger partial charge on any atom is -0.370 e. The SMILES string of the molecule is C#CCCCCNc1cc(C)nc2ncnn12. The molecule has 2 heterocycles. The molecule has 0 saturated heterocycles. The van der Waals surface area contributed by atoms with E-state index in [4.69, 9.17) is 6.42 Å². The fourth-order valence-corrected chi connectivity index (χ4v) is 1.63. The quantitative estimate of drug-likeness (QED) is 0.625. The van der Waals surface area contributed by atoms with Crippen LogP contribution in [0.1, 0.15) is 25.0 Å². The molecule has 0 aliphatic heterocycles. The number of nitrogens with one attached hydrogen (secondary N) is 1. The van der Waals surface area contributed by atoms with Crippen LogP contribution in [-0.4, -0.2) is 26.1 Å². The second-order valence-corrected chi connectivity index (χ2v) is 3.84. The molecule has 5 nitrogen and oxygen atoms in total. The van der Waals surface area contributed by atoms with E-state index < -0.39 is 0 Å². The Morgan fingerprint density at radius 3 is 3.18 bits per heavy atom. The monoisotopic (exact) mass is 229 g/mol. The Morgan fingerprint density at radius 1 is 1.47 bits per heavy atom. The number of nitrogens with zero attached hydrogens (tertiary/aromatic N) is 4. The zero-order valence-electron chi connectivity index (χ0n) is 9.85. The van der Waals surface area contributed by atoms with Crippen LogP contribution in [0.4, 0.5) is 5.82 Å². The second-order valence-electron chi connectivity index (χ2n) is 3.84. The van der Waals surface area contributed by atoms with Crippen molar-refractivity contribution in [3.8, 4) is 12.3 Å². The van der Waals surface area contributed by atoms with Crippen LogP contribution in [0.15, 0.2) is 12.4 Å². The highest BCUT2D eigenvalue weighted by Crippen LogP contribution is 2.10. The van der Waals surface area contributed by atoms with Gasteiger partial charge in [0.2, 0.25) is 0 Å². The molecule has 0 unspecified atom stereocenters. The molecular weight excluding hydrogens is 214 g/mol. The normalized spacial score (nSPS) is 10.4. The highest BCUT2D eigenvalue weighted by atomic mass is 15.3. The molecule has 0 aliphatic rings. The predicted molar refractivity (Wildman–Crippen MR) is 66.7 cm³/mol. The van der Waals surface area contributed by atoms with Gasteiger partial charge in [-0.15, -0.1) is 12.3 Å². The molecule has 0 bridgehead atoms. The molecular formula is C12H15N5. The van der Waals surface area contributed by atoms with Gasteiger partial charge in [-0.05, 0) is 19.8 Å². The van der Waals surface area contributed by atoms with Gasteiger partial charge in [-0.25, -0.2) is 4.98 Å². The summed E-state index contributed by atoms with van der Waals surface area (Å²) in [7, 11) is 0. The largest absolute Gasteiger partial charge is 0.370 e. The van der Waals surface area contributed by atoms with Gasteiger partial charge in [0.15, 0.2) is 0 Å². The summed E-state index contributed by atoms with van der Waals surface area (Å²) in [5, 5.41) is 7.45. The molecule has 17 heavy (non-hydrogen) atoms. The molecule has 0 amide bonds. The highest BCUT2D eigenvalue weighted by Gasteiger charge is 2.04. The van der Waals surface area contributed by atoms with Gasteiger partial charge in [0.1, 0.15) is 12.1 Å². The molecule has 0 aliphatic carbocycles. The zero-order valence-corrected chi connectivity index (χ0v) is 9.85. The third-order valence-corrected chi connectivity index (χ3v) is 2.43. The number of hydrogen-bond donors (Lipinski definition) is 1. The van der Waals surface area contributed by atoms with E-state index >= 15 is 0 Å². The lowest BCUT2D eigenvalue weighted by atomic mass is 10.2. The number of aromatic nitrogens is 4. The number of fused-ring (bicyclic) bond motifs is 1. The second kappa shape index (κ2) is 5.30. The van der Waals surface area contributed by atoms with Gasteiger partial charge in [0, 0.05) is 24.7 Å². The Bertz CT molecular complexity index is 537. The van der Waals surface area contributed by atoms with Crippen molar-refractivity contribution in [2.24, 2.45) is 0 Å². The first kappa shape index (κ1) is 11.4. The summed E-state index contributed by atoms with van der Waals surface area (Å²) in [5.74, 6) is 4.18. The third-order valence-electron chi connectivity index (χ3n) is 2.43. The number of hydrogen-bond acceptors (Lipinski definition) is 4. The van der Waals surface area contributed by atoms with Crippen LogP contribution in [-0.2, 0) is 0 Å². The lowest BCUT2D eigenvalue weighted by molar-refractivity contribution is 0.781. The summed E-state index contributed by atoms with van der Waals surface area (Å²) < 4.78 is 1.70. The number of unbranched alkanes of at least 4 members (excludes halogenated alkanes) is 2. The Labute approximate surface area is 100 Å². The molecule has 88 valence electrons. The van der Waals surface area contributed by atoms with Gasteiger partial charge in [0.25, 0.3) is 5.78 Å². The Kier molecular flexibility index (Phi) is 3.55. The van der Waals surface area contributed by atoms with Crippen molar-refractivity contribution in [3.63, 3.8) is 0 Å². The van der Waals surface area contributed by atoms with E-state index in [9.17, 15) is 0 Å². The van der Waals surface area contributed by atoms with Crippen LogP contribution < -0.4 is 5.32 Å². The maximum Gasteiger partial charge on any atom is 0.254 e. The molecule has 2 aromatic rings. The van der Waals surface area contributed by atoms with Crippen LogP contribution in [0, 0.1) is 19.3 Å². The van der Waals surface area contributed by atoms with Crippen LogP contribution in [0.3, 0.4) is 0 Å².